The fraction of sp³-hybridized carbons (Fsp3) is 0.267. The predicted molar refractivity (Wildman–Crippen MR) is 83.0 cm³/mol. The van der Waals surface area contributed by atoms with Gasteiger partial charge in [0.1, 0.15) is 11.6 Å². The van der Waals surface area contributed by atoms with E-state index in [0.717, 1.165) is 25.9 Å². The lowest BCUT2D eigenvalue weighted by molar-refractivity contribution is 0.0793. The number of hydrogen-bond donors (Lipinski definition) is 2. The number of carbonyl (C=O) groups excluding carboxylic acids is 1. The Labute approximate surface area is 132 Å². The maximum atomic E-state index is 12.4. The average Bonchev–Trinajstić information content (AvgIpc) is 3.29. The summed E-state index contributed by atoms with van der Waals surface area (Å²) in [6, 6.07) is 9.18. The molecule has 2 heterocycles. The van der Waals surface area contributed by atoms with Gasteiger partial charge >= 0.3 is 0 Å². The normalized spacial score (nSPS) is 14.6. The highest BCUT2D eigenvalue weighted by atomic mass is 16.2. The van der Waals surface area contributed by atoms with Crippen molar-refractivity contribution >= 4 is 17.2 Å². The summed E-state index contributed by atoms with van der Waals surface area (Å²) < 4.78 is 0. The molecule has 0 aliphatic carbocycles. The van der Waals surface area contributed by atoms with Crippen LogP contribution in [0, 0.1) is 11.3 Å². The number of amides is 1. The molecule has 8 heteroatoms. The van der Waals surface area contributed by atoms with Gasteiger partial charge in [-0.05, 0) is 36.3 Å². The topological polar surface area (TPSA) is 111 Å². The van der Waals surface area contributed by atoms with Crippen LogP contribution >= 0.6 is 0 Å². The van der Waals surface area contributed by atoms with Crippen molar-refractivity contribution in [2.75, 3.05) is 18.4 Å². The summed E-state index contributed by atoms with van der Waals surface area (Å²) in [7, 11) is 0. The van der Waals surface area contributed by atoms with E-state index >= 15 is 0 Å². The molecule has 0 saturated carbocycles. The van der Waals surface area contributed by atoms with Crippen molar-refractivity contribution in [1.82, 2.24) is 25.5 Å². The first-order valence-electron chi connectivity index (χ1n) is 7.28. The Morgan fingerprint density at radius 2 is 2.22 bits per heavy atom. The Kier molecular flexibility index (Phi) is 4.29. The molecule has 0 spiro atoms. The van der Waals surface area contributed by atoms with E-state index in [-0.39, 0.29) is 17.3 Å². The first-order chi connectivity index (χ1) is 11.3. The molecule has 0 bridgehead atoms. The smallest absolute Gasteiger partial charge is 0.253 e. The van der Waals surface area contributed by atoms with Gasteiger partial charge in [-0.1, -0.05) is 6.07 Å². The largest absolute Gasteiger partial charge is 0.360 e. The molecule has 1 fully saturated rings. The number of nitrogens with zero attached hydrogens (tertiary/aromatic N) is 5. The van der Waals surface area contributed by atoms with Gasteiger partial charge in [-0.25, -0.2) is 0 Å². The Morgan fingerprint density at radius 3 is 2.91 bits per heavy atom. The lowest BCUT2D eigenvalue weighted by Gasteiger charge is -2.15. The van der Waals surface area contributed by atoms with Crippen molar-refractivity contribution in [3.05, 3.63) is 41.9 Å². The van der Waals surface area contributed by atoms with Crippen LogP contribution < -0.4 is 5.32 Å². The molecule has 8 nitrogen and oxygen atoms in total. The Balaban J connectivity index is 1.75. The molecule has 1 aromatic heterocycles. The number of benzene rings is 1. The molecule has 1 aromatic carbocycles. The summed E-state index contributed by atoms with van der Waals surface area (Å²) in [5, 5.41) is 25.4. The number of carbonyl (C=O) groups is 1. The maximum Gasteiger partial charge on any atom is 0.253 e. The highest BCUT2D eigenvalue weighted by molar-refractivity contribution is 5.95. The van der Waals surface area contributed by atoms with Crippen molar-refractivity contribution in [2.24, 2.45) is 0 Å². The third-order valence-corrected chi connectivity index (χ3v) is 3.59. The van der Waals surface area contributed by atoms with Crippen LogP contribution in [0.1, 0.15) is 29.0 Å². The number of aromatic amines is 1. The quantitative estimate of drug-likeness (QED) is 0.826. The molecule has 0 unspecified atom stereocenters. The second-order valence-electron chi connectivity index (χ2n) is 5.13. The number of hydrogen-bond acceptors (Lipinski definition) is 6. The maximum absolute atomic E-state index is 12.4. The number of nitriles is 1. The first-order valence-corrected chi connectivity index (χ1v) is 7.28. The Morgan fingerprint density at radius 1 is 1.39 bits per heavy atom. The van der Waals surface area contributed by atoms with Crippen LogP contribution in [-0.4, -0.2) is 44.5 Å². The Bertz CT molecular complexity index is 754. The monoisotopic (exact) mass is 309 g/mol. The van der Waals surface area contributed by atoms with Crippen molar-refractivity contribution in [3.8, 4) is 6.07 Å². The van der Waals surface area contributed by atoms with Crippen LogP contribution in [0.2, 0.25) is 0 Å². The molecule has 3 rings (SSSR count). The summed E-state index contributed by atoms with van der Waals surface area (Å²) in [6.45, 7) is 1.62. The fourth-order valence-electron chi connectivity index (χ4n) is 2.42. The van der Waals surface area contributed by atoms with Crippen molar-refractivity contribution in [3.63, 3.8) is 0 Å². The predicted octanol–water partition coefficient (Wildman–Crippen LogP) is 1.41. The summed E-state index contributed by atoms with van der Waals surface area (Å²) in [5.41, 5.74) is 1.59. The SMILES string of the molecule is N#CC(=CNc1cccc(C(=O)N2CCCC2)c1)c1nn[nH]n1. The second-order valence-corrected chi connectivity index (χ2v) is 5.13. The fourth-order valence-corrected chi connectivity index (χ4v) is 2.42. The minimum absolute atomic E-state index is 0.0359. The van der Waals surface area contributed by atoms with E-state index in [1.165, 1.54) is 6.20 Å². The zero-order valence-corrected chi connectivity index (χ0v) is 12.4. The summed E-state index contributed by atoms with van der Waals surface area (Å²) >= 11 is 0. The summed E-state index contributed by atoms with van der Waals surface area (Å²) in [5.74, 6) is 0.248. The standard InChI is InChI=1S/C15H15N7O/c16-9-12(14-18-20-21-19-14)10-17-13-5-3-4-11(8-13)15(23)22-6-1-2-7-22/h3-5,8,10,17H,1-2,6-7H2,(H,18,19,20,21). The van der Waals surface area contributed by atoms with E-state index < -0.39 is 0 Å². The zero-order valence-electron chi connectivity index (χ0n) is 12.4. The van der Waals surface area contributed by atoms with Crippen molar-refractivity contribution < 1.29 is 4.79 Å². The summed E-state index contributed by atoms with van der Waals surface area (Å²) in [4.78, 5) is 14.2. The number of tetrazole rings is 1. The van der Waals surface area contributed by atoms with Gasteiger partial charge in [-0.15, -0.1) is 10.2 Å². The Hall–Kier alpha value is -3.21. The number of likely N-dealkylation sites (tertiary alicyclic amines) is 1. The molecule has 1 amide bonds. The number of H-pyrrole nitrogens is 1. The van der Waals surface area contributed by atoms with Gasteiger partial charge < -0.3 is 10.2 Å². The number of nitrogens with one attached hydrogen (secondary N) is 2. The lowest BCUT2D eigenvalue weighted by atomic mass is 10.1. The molecule has 2 N–H and O–H groups in total. The van der Waals surface area contributed by atoms with E-state index in [1.807, 2.05) is 17.0 Å². The van der Waals surface area contributed by atoms with Crippen LogP contribution in [0.25, 0.3) is 5.57 Å². The zero-order chi connectivity index (χ0) is 16.1. The van der Waals surface area contributed by atoms with E-state index in [0.29, 0.717) is 11.3 Å². The van der Waals surface area contributed by atoms with Crippen LogP contribution in [0.3, 0.4) is 0 Å². The highest BCUT2D eigenvalue weighted by Gasteiger charge is 2.19. The molecule has 1 saturated heterocycles. The first kappa shape index (κ1) is 14.7. The number of allylic oxidation sites excluding steroid dienone is 1. The highest BCUT2D eigenvalue weighted by Crippen LogP contribution is 2.17. The van der Waals surface area contributed by atoms with Gasteiger partial charge in [-0.3, -0.25) is 4.79 Å². The minimum atomic E-state index is 0.0359. The van der Waals surface area contributed by atoms with E-state index in [4.69, 9.17) is 5.26 Å². The van der Waals surface area contributed by atoms with Crippen LogP contribution in [-0.2, 0) is 0 Å². The van der Waals surface area contributed by atoms with Gasteiger partial charge in [0.2, 0.25) is 5.82 Å². The van der Waals surface area contributed by atoms with Crippen LogP contribution in [0.4, 0.5) is 5.69 Å². The van der Waals surface area contributed by atoms with Crippen LogP contribution in [0.15, 0.2) is 30.5 Å². The summed E-state index contributed by atoms with van der Waals surface area (Å²) in [6.07, 6.45) is 3.61. The molecular weight excluding hydrogens is 294 g/mol. The number of anilines is 1. The van der Waals surface area contributed by atoms with Gasteiger partial charge in [0.25, 0.3) is 5.91 Å². The molecule has 0 atom stereocenters. The molecule has 2 aromatic rings. The van der Waals surface area contributed by atoms with Crippen LogP contribution in [0.5, 0.6) is 0 Å². The van der Waals surface area contributed by atoms with Gasteiger partial charge in [0.05, 0.1) is 0 Å². The van der Waals surface area contributed by atoms with E-state index in [2.05, 4.69) is 25.9 Å². The van der Waals surface area contributed by atoms with Gasteiger partial charge in [0, 0.05) is 30.5 Å². The van der Waals surface area contributed by atoms with E-state index in [9.17, 15) is 4.79 Å². The van der Waals surface area contributed by atoms with Crippen molar-refractivity contribution in [1.29, 1.82) is 5.26 Å². The second kappa shape index (κ2) is 6.70. The molecular formula is C15H15N7O. The van der Waals surface area contributed by atoms with Gasteiger partial charge in [0.15, 0.2) is 0 Å². The molecule has 1 aliphatic heterocycles. The van der Waals surface area contributed by atoms with Crippen molar-refractivity contribution in [2.45, 2.75) is 12.8 Å². The number of aromatic nitrogens is 4. The minimum Gasteiger partial charge on any atom is -0.360 e. The third-order valence-electron chi connectivity index (χ3n) is 3.59. The molecule has 1 aliphatic rings. The molecule has 23 heavy (non-hydrogen) atoms. The van der Waals surface area contributed by atoms with Gasteiger partial charge in [-0.2, -0.15) is 10.5 Å². The third kappa shape index (κ3) is 3.35. The lowest BCUT2D eigenvalue weighted by Crippen LogP contribution is -2.27. The number of rotatable bonds is 4. The van der Waals surface area contributed by atoms with E-state index in [1.54, 1.807) is 18.2 Å². The molecule has 0 radical (unpaired) electrons. The molecule has 116 valence electrons. The average molecular weight is 309 g/mol.